The van der Waals surface area contributed by atoms with Gasteiger partial charge in [-0.3, -0.25) is 0 Å². The van der Waals surface area contributed by atoms with E-state index in [4.69, 9.17) is 14.6 Å². The van der Waals surface area contributed by atoms with E-state index in [9.17, 15) is 0 Å². The molecule has 2 aromatic heterocycles. The van der Waals surface area contributed by atoms with E-state index in [2.05, 4.69) is 20.9 Å². The van der Waals surface area contributed by atoms with Gasteiger partial charge in [-0.1, -0.05) is 0 Å². The van der Waals surface area contributed by atoms with Crippen molar-refractivity contribution < 1.29 is 4.63 Å². The zero-order valence-corrected chi connectivity index (χ0v) is 18.0. The Balaban J connectivity index is 1.12. The van der Waals surface area contributed by atoms with Crippen molar-refractivity contribution in [2.75, 3.05) is 10.6 Å². The molecular formula is C24H32N6O. The van der Waals surface area contributed by atoms with Gasteiger partial charge in [0.05, 0.1) is 0 Å². The molecule has 2 heterocycles. The summed E-state index contributed by atoms with van der Waals surface area (Å²) in [6, 6.07) is 1.05. The number of nitrogens with one attached hydrogen (secondary N) is 2. The minimum Gasteiger partial charge on any atom is -0.364 e. The standard InChI is InChI=1S/C24H32N6O/c1-11-3-15-5-12(1)6-16(4-11)19(15)25-21-22(28-24-23(27-21)29-31-30-24)26-20-17-7-13-2-14(9-17)10-18(20)8-13/h11-20H,1-10H2,(H,25,27,29)(H,26,28,30). The second-order valence-electron chi connectivity index (χ2n) is 12.0. The van der Waals surface area contributed by atoms with Crippen LogP contribution in [-0.2, 0) is 0 Å². The van der Waals surface area contributed by atoms with Crippen molar-refractivity contribution in [1.82, 2.24) is 20.3 Å². The Morgan fingerprint density at radius 2 is 0.871 bits per heavy atom. The Hall–Kier alpha value is -1.92. The molecule has 0 radical (unpaired) electrons. The van der Waals surface area contributed by atoms with Crippen molar-refractivity contribution in [3.05, 3.63) is 0 Å². The highest BCUT2D eigenvalue weighted by Gasteiger charge is 2.50. The van der Waals surface area contributed by atoms with Gasteiger partial charge < -0.3 is 10.6 Å². The van der Waals surface area contributed by atoms with Crippen LogP contribution in [0.15, 0.2) is 4.63 Å². The van der Waals surface area contributed by atoms with Gasteiger partial charge in [0.15, 0.2) is 11.6 Å². The summed E-state index contributed by atoms with van der Waals surface area (Å²) in [7, 11) is 0. The Morgan fingerprint density at radius 1 is 0.516 bits per heavy atom. The van der Waals surface area contributed by atoms with Crippen LogP contribution in [0.5, 0.6) is 0 Å². The van der Waals surface area contributed by atoms with Crippen molar-refractivity contribution in [1.29, 1.82) is 0 Å². The molecule has 7 nitrogen and oxygen atoms in total. The number of rotatable bonds is 4. The third-order valence-corrected chi connectivity index (χ3v) is 10.2. The lowest BCUT2D eigenvalue weighted by molar-refractivity contribution is 0.00662. The van der Waals surface area contributed by atoms with E-state index < -0.39 is 0 Å². The van der Waals surface area contributed by atoms with E-state index in [1.165, 1.54) is 64.2 Å². The molecule has 8 saturated carbocycles. The fraction of sp³-hybridized carbons (Fsp3) is 0.833. The number of aromatic nitrogens is 4. The summed E-state index contributed by atoms with van der Waals surface area (Å²) in [4.78, 5) is 9.73. The Kier molecular flexibility index (Phi) is 3.59. The van der Waals surface area contributed by atoms with E-state index in [-0.39, 0.29) is 0 Å². The molecule has 0 amide bonds. The van der Waals surface area contributed by atoms with Crippen molar-refractivity contribution in [3.63, 3.8) is 0 Å². The average Bonchev–Trinajstić information content (AvgIpc) is 3.19. The number of anilines is 2. The van der Waals surface area contributed by atoms with Crippen LogP contribution in [0.4, 0.5) is 11.6 Å². The zero-order chi connectivity index (χ0) is 20.1. The topological polar surface area (TPSA) is 88.8 Å². The number of fused-ring (bicyclic) bond motifs is 1. The van der Waals surface area contributed by atoms with Gasteiger partial charge in [0.2, 0.25) is 11.3 Å². The van der Waals surface area contributed by atoms with Gasteiger partial charge in [-0.05, 0) is 122 Å². The third-order valence-electron chi connectivity index (χ3n) is 10.2. The molecule has 0 spiro atoms. The largest absolute Gasteiger partial charge is 0.364 e. The number of nitrogens with zero attached hydrogens (tertiary/aromatic N) is 4. The molecule has 0 aliphatic heterocycles. The first-order chi connectivity index (χ1) is 15.2. The Morgan fingerprint density at radius 3 is 1.23 bits per heavy atom. The van der Waals surface area contributed by atoms with Gasteiger partial charge in [-0.15, -0.1) is 0 Å². The molecular weight excluding hydrogens is 388 g/mol. The highest BCUT2D eigenvalue weighted by Crippen LogP contribution is 2.56. The summed E-state index contributed by atoms with van der Waals surface area (Å²) in [5.74, 6) is 8.81. The summed E-state index contributed by atoms with van der Waals surface area (Å²) in [6.45, 7) is 0. The summed E-state index contributed by atoms with van der Waals surface area (Å²) in [5.41, 5.74) is 1.03. The molecule has 8 bridgehead atoms. The van der Waals surface area contributed by atoms with Crippen molar-refractivity contribution in [2.24, 2.45) is 47.3 Å². The van der Waals surface area contributed by atoms with Crippen molar-refractivity contribution in [2.45, 2.75) is 76.3 Å². The van der Waals surface area contributed by atoms with Crippen LogP contribution in [-0.4, -0.2) is 32.4 Å². The van der Waals surface area contributed by atoms with Crippen LogP contribution in [0.3, 0.4) is 0 Å². The van der Waals surface area contributed by atoms with Crippen LogP contribution in [0.25, 0.3) is 11.3 Å². The summed E-state index contributed by atoms with van der Waals surface area (Å²) >= 11 is 0. The molecule has 8 aliphatic rings. The molecule has 2 N–H and O–H groups in total. The number of hydrogen-bond donors (Lipinski definition) is 2. The first-order valence-electron chi connectivity index (χ1n) is 12.8. The quantitative estimate of drug-likeness (QED) is 0.753. The minimum atomic E-state index is 0.516. The molecule has 0 atom stereocenters. The smallest absolute Gasteiger partial charge is 0.245 e. The molecule has 31 heavy (non-hydrogen) atoms. The van der Waals surface area contributed by atoms with Crippen LogP contribution in [0.2, 0.25) is 0 Å². The van der Waals surface area contributed by atoms with Crippen LogP contribution in [0.1, 0.15) is 64.2 Å². The Bertz CT molecular complexity index is 885. The van der Waals surface area contributed by atoms with E-state index in [1.54, 1.807) is 0 Å². The van der Waals surface area contributed by atoms with Gasteiger partial charge in [0.25, 0.3) is 0 Å². The van der Waals surface area contributed by atoms with E-state index in [1.807, 2.05) is 0 Å². The molecule has 0 saturated heterocycles. The summed E-state index contributed by atoms with van der Waals surface area (Å²) in [6.07, 6.45) is 14.1. The molecule has 0 unspecified atom stereocenters. The molecule has 8 fully saturated rings. The maximum Gasteiger partial charge on any atom is 0.245 e. The SMILES string of the molecule is C1C2CC3CC1CC(C2)C3Nc1nc2nonc2nc1NC1C2CC3CC(C2)CC1C3. The van der Waals surface area contributed by atoms with Crippen LogP contribution < -0.4 is 10.6 Å². The predicted octanol–water partition coefficient (Wildman–Crippen LogP) is 4.49. The first kappa shape index (κ1) is 17.6. The van der Waals surface area contributed by atoms with Gasteiger partial charge >= 0.3 is 0 Å². The monoisotopic (exact) mass is 420 g/mol. The lowest BCUT2D eigenvalue weighted by Crippen LogP contribution is -2.52. The van der Waals surface area contributed by atoms with E-state index >= 15 is 0 Å². The fourth-order valence-electron chi connectivity index (χ4n) is 9.48. The maximum atomic E-state index is 4.96. The van der Waals surface area contributed by atoms with E-state index in [0.717, 1.165) is 59.0 Å². The fourth-order valence-corrected chi connectivity index (χ4v) is 9.48. The third kappa shape index (κ3) is 2.70. The lowest BCUT2D eigenvalue weighted by Gasteiger charge is -2.55. The summed E-state index contributed by atoms with van der Waals surface area (Å²) in [5, 5.41) is 15.8. The highest BCUT2D eigenvalue weighted by atomic mass is 16.6. The molecule has 7 heteroatoms. The lowest BCUT2D eigenvalue weighted by atomic mass is 9.54. The molecule has 164 valence electrons. The van der Waals surface area contributed by atoms with Crippen molar-refractivity contribution in [3.8, 4) is 0 Å². The normalized spacial score (nSPS) is 46.7. The second-order valence-corrected chi connectivity index (χ2v) is 12.0. The first-order valence-corrected chi connectivity index (χ1v) is 12.8. The second kappa shape index (κ2) is 6.32. The predicted molar refractivity (Wildman–Crippen MR) is 116 cm³/mol. The zero-order valence-electron chi connectivity index (χ0n) is 18.0. The summed E-state index contributed by atoms with van der Waals surface area (Å²) < 4.78 is 4.96. The van der Waals surface area contributed by atoms with Crippen LogP contribution in [0, 0.1) is 47.3 Å². The molecule has 0 aromatic carbocycles. The minimum absolute atomic E-state index is 0.516. The maximum absolute atomic E-state index is 4.96. The van der Waals surface area contributed by atoms with Crippen LogP contribution >= 0.6 is 0 Å². The van der Waals surface area contributed by atoms with Gasteiger partial charge in [-0.25, -0.2) is 14.6 Å². The molecule has 2 aromatic rings. The van der Waals surface area contributed by atoms with Gasteiger partial charge in [0.1, 0.15) is 0 Å². The van der Waals surface area contributed by atoms with Gasteiger partial charge in [-0.2, -0.15) is 0 Å². The number of hydrogen-bond acceptors (Lipinski definition) is 7. The highest BCUT2D eigenvalue weighted by molar-refractivity contribution is 5.73. The van der Waals surface area contributed by atoms with E-state index in [0.29, 0.717) is 23.4 Å². The molecule has 10 rings (SSSR count). The van der Waals surface area contributed by atoms with Gasteiger partial charge in [0, 0.05) is 12.1 Å². The Labute approximate surface area is 182 Å². The molecule has 8 aliphatic carbocycles. The average molecular weight is 421 g/mol. The van der Waals surface area contributed by atoms with Crippen molar-refractivity contribution >= 4 is 22.9 Å².